The molecule has 0 saturated carbocycles. The third kappa shape index (κ3) is 5.65. The molecule has 20 heavy (non-hydrogen) atoms. The van der Waals surface area contributed by atoms with Crippen LogP contribution in [0, 0.1) is 0 Å². The fraction of sp³-hybridized carbons (Fsp3) is 0.667. The van der Waals surface area contributed by atoms with E-state index in [1.807, 2.05) is 13.2 Å². The van der Waals surface area contributed by atoms with E-state index < -0.39 is 10.0 Å². The van der Waals surface area contributed by atoms with Gasteiger partial charge in [-0.3, -0.25) is 0 Å². The van der Waals surface area contributed by atoms with E-state index in [1.165, 1.54) is 11.3 Å². The van der Waals surface area contributed by atoms with E-state index in [2.05, 4.69) is 39.8 Å². The molecule has 1 aromatic heterocycles. The maximum absolute atomic E-state index is 12.3. The third-order valence-corrected chi connectivity index (χ3v) is 7.29. The highest BCUT2D eigenvalue weighted by atomic mass is 79.9. The molecule has 0 spiro atoms. The minimum absolute atomic E-state index is 0.254. The van der Waals surface area contributed by atoms with Gasteiger partial charge in [-0.05, 0) is 28.3 Å². The highest BCUT2D eigenvalue weighted by molar-refractivity contribution is 9.11. The highest BCUT2D eigenvalue weighted by Gasteiger charge is 2.21. The Balaban J connectivity index is 2.79. The molecule has 1 unspecified atom stereocenters. The molecule has 0 amide bonds. The SMILES string of the molecule is CSC(C)CNS(=O)(=O)c1cc(CNC(C)C)sc1Br. The Morgan fingerprint density at radius 1 is 1.40 bits per heavy atom. The van der Waals surface area contributed by atoms with Crippen molar-refractivity contribution in [1.29, 1.82) is 0 Å². The minimum Gasteiger partial charge on any atom is -0.310 e. The van der Waals surface area contributed by atoms with Crippen molar-refractivity contribution in [1.82, 2.24) is 10.0 Å². The molecule has 4 nitrogen and oxygen atoms in total. The number of hydrogen-bond donors (Lipinski definition) is 2. The second-order valence-corrected chi connectivity index (χ2v) is 10.3. The summed E-state index contributed by atoms with van der Waals surface area (Å²) in [6.07, 6.45) is 1.97. The van der Waals surface area contributed by atoms with Crippen LogP contribution in [0.3, 0.4) is 0 Å². The van der Waals surface area contributed by atoms with Gasteiger partial charge in [-0.2, -0.15) is 11.8 Å². The molecule has 116 valence electrons. The monoisotopic (exact) mass is 400 g/mol. The number of hydrogen-bond acceptors (Lipinski definition) is 5. The molecule has 0 aliphatic heterocycles. The number of sulfonamides is 1. The van der Waals surface area contributed by atoms with E-state index >= 15 is 0 Å². The minimum atomic E-state index is -3.44. The Labute approximate surface area is 138 Å². The van der Waals surface area contributed by atoms with Gasteiger partial charge in [0.1, 0.15) is 4.90 Å². The van der Waals surface area contributed by atoms with Crippen LogP contribution in [-0.2, 0) is 16.6 Å². The summed E-state index contributed by atoms with van der Waals surface area (Å²) in [4.78, 5) is 1.33. The molecule has 0 aromatic carbocycles. The first-order chi connectivity index (χ1) is 9.26. The summed E-state index contributed by atoms with van der Waals surface area (Å²) in [6, 6.07) is 2.10. The lowest BCUT2D eigenvalue weighted by Crippen LogP contribution is -2.29. The summed E-state index contributed by atoms with van der Waals surface area (Å²) in [5, 5.41) is 3.54. The number of thioether (sulfide) groups is 1. The van der Waals surface area contributed by atoms with Crippen LogP contribution in [0.5, 0.6) is 0 Å². The van der Waals surface area contributed by atoms with Crippen LogP contribution >= 0.6 is 39.0 Å². The first-order valence-electron chi connectivity index (χ1n) is 6.30. The Bertz CT molecular complexity index is 529. The van der Waals surface area contributed by atoms with Crippen molar-refractivity contribution in [3.63, 3.8) is 0 Å². The Morgan fingerprint density at radius 2 is 2.05 bits per heavy atom. The van der Waals surface area contributed by atoms with Crippen LogP contribution in [0.4, 0.5) is 0 Å². The van der Waals surface area contributed by atoms with Gasteiger partial charge in [-0.1, -0.05) is 20.8 Å². The maximum atomic E-state index is 12.3. The Kier molecular flexibility index (Phi) is 7.51. The van der Waals surface area contributed by atoms with Crippen LogP contribution < -0.4 is 10.0 Å². The zero-order chi connectivity index (χ0) is 15.3. The lowest BCUT2D eigenvalue weighted by atomic mass is 10.4. The molecule has 1 rings (SSSR count). The van der Waals surface area contributed by atoms with Gasteiger partial charge in [0.15, 0.2) is 0 Å². The standard InChI is InChI=1S/C12H21BrN2O2S3/c1-8(2)14-7-10-5-11(12(13)19-10)20(16,17)15-6-9(3)18-4/h5,8-9,14-15H,6-7H2,1-4H3. The van der Waals surface area contributed by atoms with Crippen molar-refractivity contribution in [2.24, 2.45) is 0 Å². The summed E-state index contributed by atoms with van der Waals surface area (Å²) in [5.41, 5.74) is 0. The Hall–Kier alpha value is 0.400. The maximum Gasteiger partial charge on any atom is 0.242 e. The molecule has 0 aliphatic carbocycles. The first kappa shape index (κ1) is 18.4. The predicted octanol–water partition coefficient (Wildman–Crippen LogP) is 3.04. The third-order valence-electron chi connectivity index (χ3n) is 2.64. The summed E-state index contributed by atoms with van der Waals surface area (Å²) in [7, 11) is -3.44. The molecule has 1 heterocycles. The lowest BCUT2D eigenvalue weighted by molar-refractivity contribution is 0.580. The second-order valence-electron chi connectivity index (χ2n) is 4.78. The quantitative estimate of drug-likeness (QED) is 0.703. The zero-order valence-corrected chi connectivity index (χ0v) is 16.1. The van der Waals surface area contributed by atoms with Crippen molar-refractivity contribution >= 4 is 49.1 Å². The molecular formula is C12H21BrN2O2S3. The van der Waals surface area contributed by atoms with Crippen molar-refractivity contribution in [2.45, 2.75) is 43.5 Å². The summed E-state index contributed by atoms with van der Waals surface area (Å²) < 4.78 is 27.8. The molecule has 1 aromatic rings. The van der Waals surface area contributed by atoms with Crippen molar-refractivity contribution < 1.29 is 8.42 Å². The van der Waals surface area contributed by atoms with E-state index in [0.717, 1.165) is 4.88 Å². The van der Waals surface area contributed by atoms with Gasteiger partial charge in [0.2, 0.25) is 10.0 Å². The van der Waals surface area contributed by atoms with Gasteiger partial charge >= 0.3 is 0 Å². The van der Waals surface area contributed by atoms with Gasteiger partial charge in [-0.25, -0.2) is 13.1 Å². The molecule has 0 radical (unpaired) electrons. The molecule has 1 atom stereocenters. The van der Waals surface area contributed by atoms with Gasteiger partial charge in [0, 0.05) is 29.3 Å². The molecule has 0 saturated heterocycles. The van der Waals surface area contributed by atoms with Crippen molar-refractivity contribution in [3.05, 3.63) is 14.7 Å². The van der Waals surface area contributed by atoms with Crippen molar-refractivity contribution in [2.75, 3.05) is 12.8 Å². The number of nitrogens with one attached hydrogen (secondary N) is 2. The molecule has 0 aliphatic rings. The summed E-state index contributed by atoms with van der Waals surface area (Å²) in [5.74, 6) is 0. The zero-order valence-electron chi connectivity index (χ0n) is 12.1. The highest BCUT2D eigenvalue weighted by Crippen LogP contribution is 2.31. The number of thiophene rings is 1. The molecule has 0 bridgehead atoms. The second kappa shape index (κ2) is 8.14. The molecule has 2 N–H and O–H groups in total. The smallest absolute Gasteiger partial charge is 0.242 e. The number of rotatable bonds is 8. The van der Waals surface area contributed by atoms with E-state index in [9.17, 15) is 8.42 Å². The van der Waals surface area contributed by atoms with Gasteiger partial charge < -0.3 is 5.32 Å². The fourth-order valence-electron chi connectivity index (χ4n) is 1.36. The van der Waals surface area contributed by atoms with Crippen LogP contribution in [-0.4, -0.2) is 32.5 Å². The molecule has 0 fully saturated rings. The van der Waals surface area contributed by atoms with E-state index in [-0.39, 0.29) is 5.25 Å². The topological polar surface area (TPSA) is 58.2 Å². The Morgan fingerprint density at radius 3 is 2.60 bits per heavy atom. The van der Waals surface area contributed by atoms with Crippen LogP contribution in [0.15, 0.2) is 14.7 Å². The van der Waals surface area contributed by atoms with Crippen molar-refractivity contribution in [3.8, 4) is 0 Å². The van der Waals surface area contributed by atoms with Gasteiger partial charge in [-0.15, -0.1) is 11.3 Å². The normalized spacial score (nSPS) is 13.9. The molecular weight excluding hydrogens is 380 g/mol. The van der Waals surface area contributed by atoms with Crippen LogP contribution in [0.25, 0.3) is 0 Å². The van der Waals surface area contributed by atoms with Gasteiger partial charge in [0.25, 0.3) is 0 Å². The van der Waals surface area contributed by atoms with Crippen LogP contribution in [0.2, 0.25) is 0 Å². The van der Waals surface area contributed by atoms with Gasteiger partial charge in [0.05, 0.1) is 3.79 Å². The predicted molar refractivity (Wildman–Crippen MR) is 92.2 cm³/mol. The lowest BCUT2D eigenvalue weighted by Gasteiger charge is -2.10. The average molecular weight is 401 g/mol. The average Bonchev–Trinajstić information content (AvgIpc) is 2.75. The van der Waals surface area contributed by atoms with E-state index in [4.69, 9.17) is 0 Å². The van der Waals surface area contributed by atoms with E-state index in [0.29, 0.717) is 27.8 Å². The number of halogens is 1. The summed E-state index contributed by atoms with van der Waals surface area (Å²) >= 11 is 6.44. The van der Waals surface area contributed by atoms with E-state index in [1.54, 1.807) is 17.8 Å². The first-order valence-corrected chi connectivity index (χ1v) is 10.7. The summed E-state index contributed by atoms with van der Waals surface area (Å²) in [6.45, 7) is 7.23. The van der Waals surface area contributed by atoms with Crippen LogP contribution in [0.1, 0.15) is 25.6 Å². The fourth-order valence-corrected chi connectivity index (χ4v) is 5.48. The molecule has 8 heteroatoms. The largest absolute Gasteiger partial charge is 0.310 e.